The number of hydrogen-bond donors (Lipinski definition) is 1. The van der Waals surface area contributed by atoms with Gasteiger partial charge in [0.25, 0.3) is 0 Å². The molecule has 0 aliphatic rings. The molecule has 318 valence electrons. The number of carboxylic acids is 1. The van der Waals surface area contributed by atoms with Gasteiger partial charge in [0.15, 0.2) is 0 Å². The number of carbonyl (C=O) groups is 1. The minimum Gasteiger partial charge on any atom is -0.481 e. The Bertz CT molecular complexity index is 858. The predicted octanol–water partition coefficient (Wildman–Crippen LogP) is 17.7. The summed E-state index contributed by atoms with van der Waals surface area (Å²) in [7, 11) is 0. The first-order valence-electron chi connectivity index (χ1n) is 24.5. The highest BCUT2D eigenvalue weighted by molar-refractivity contribution is 5.70. The molecule has 0 radical (unpaired) electrons. The van der Waals surface area contributed by atoms with Crippen molar-refractivity contribution >= 4 is 5.97 Å². The van der Waals surface area contributed by atoms with Crippen LogP contribution in [-0.4, -0.2) is 22.5 Å². The summed E-state index contributed by atoms with van der Waals surface area (Å²) in [6.07, 6.45) is 54.0. The largest absolute Gasteiger partial charge is 0.481 e. The lowest BCUT2D eigenvalue weighted by Gasteiger charge is -2.28. The van der Waals surface area contributed by atoms with Crippen LogP contribution >= 0.6 is 0 Å². The third-order valence-electron chi connectivity index (χ3n) is 11.8. The molecule has 0 heterocycles. The number of rotatable bonds is 42. The number of hydrogen-bond acceptors (Lipinski definition) is 2. The van der Waals surface area contributed by atoms with Crippen LogP contribution in [0.1, 0.15) is 266 Å². The summed E-state index contributed by atoms with van der Waals surface area (Å²) in [5.74, 6) is -0.925. The van der Waals surface area contributed by atoms with E-state index >= 15 is 0 Å². The molecule has 0 aliphatic carbocycles. The first-order chi connectivity index (χ1) is 26.5. The van der Waals surface area contributed by atoms with Crippen molar-refractivity contribution in [2.24, 2.45) is 11.8 Å². The van der Waals surface area contributed by atoms with Gasteiger partial charge in [-0.15, -0.1) is 0 Å². The fourth-order valence-corrected chi connectivity index (χ4v) is 7.97. The molecule has 0 saturated carbocycles. The van der Waals surface area contributed by atoms with Gasteiger partial charge in [-0.3, -0.25) is 4.79 Å². The van der Waals surface area contributed by atoms with Gasteiger partial charge >= 0.3 is 5.97 Å². The summed E-state index contributed by atoms with van der Waals surface area (Å²) in [6.45, 7) is 14.5. The molecule has 3 nitrogen and oxygen atoms in total. The third kappa shape index (κ3) is 32.7. The summed E-state index contributed by atoms with van der Waals surface area (Å²) in [4.78, 5) is 15.4. The quantitative estimate of drug-likeness (QED) is 0.0498. The standard InChI is InChI=1S/C51H97NO2/c1-7-13-17-21-23-24-25-26-27-28-29-30-31-33-34-38-42-49(50(51(53)54)43-39-35-32-22-18-14-8-2)46-52(44-47(11-5)40-36-19-15-9-3)45-48(12-6)41-37-20-16-10-4/h38,42,44-45,49-50H,7-37,39-41,43,46H2,1-6H3,(H,53,54)/b42-38-,47-44-,48-45+. The van der Waals surface area contributed by atoms with E-state index in [1.807, 2.05) is 0 Å². The van der Waals surface area contributed by atoms with E-state index in [2.05, 4.69) is 71.0 Å². The number of aliphatic carboxylic acids is 1. The van der Waals surface area contributed by atoms with Crippen LogP contribution in [0.2, 0.25) is 0 Å². The molecule has 3 heteroatoms. The fourth-order valence-electron chi connectivity index (χ4n) is 7.97. The maximum absolute atomic E-state index is 13.0. The Morgan fingerprint density at radius 1 is 0.481 bits per heavy atom. The molecule has 2 atom stereocenters. The van der Waals surface area contributed by atoms with E-state index in [1.165, 1.54) is 185 Å². The topological polar surface area (TPSA) is 40.5 Å². The molecule has 0 amide bonds. The van der Waals surface area contributed by atoms with Crippen molar-refractivity contribution in [1.82, 2.24) is 4.90 Å². The Morgan fingerprint density at radius 3 is 1.20 bits per heavy atom. The molecular weight excluding hydrogens is 659 g/mol. The molecular formula is C51H97NO2. The van der Waals surface area contributed by atoms with Crippen LogP contribution in [-0.2, 0) is 4.79 Å². The Labute approximate surface area is 340 Å². The molecule has 1 N–H and O–H groups in total. The number of unbranched alkanes of at least 4 members (excludes halogenated alkanes) is 26. The molecule has 0 aromatic rings. The maximum atomic E-state index is 13.0. The highest BCUT2D eigenvalue weighted by atomic mass is 16.4. The minimum atomic E-state index is -0.606. The summed E-state index contributed by atoms with van der Waals surface area (Å²) in [5, 5.41) is 10.7. The molecule has 0 bridgehead atoms. The molecule has 0 fully saturated rings. The van der Waals surface area contributed by atoms with E-state index in [-0.39, 0.29) is 11.8 Å². The first kappa shape index (κ1) is 52.5. The van der Waals surface area contributed by atoms with E-state index in [9.17, 15) is 9.90 Å². The Kier molecular flexibility index (Phi) is 40.0. The lowest BCUT2D eigenvalue weighted by Crippen LogP contribution is -2.31. The monoisotopic (exact) mass is 756 g/mol. The molecule has 0 aromatic heterocycles. The van der Waals surface area contributed by atoms with Gasteiger partial charge in [-0.1, -0.05) is 232 Å². The van der Waals surface area contributed by atoms with Crippen molar-refractivity contribution in [3.63, 3.8) is 0 Å². The molecule has 0 aromatic carbocycles. The summed E-state index contributed by atoms with van der Waals surface area (Å²) in [5.41, 5.74) is 3.01. The lowest BCUT2D eigenvalue weighted by atomic mass is 9.86. The number of nitrogens with zero attached hydrogens (tertiary/aromatic N) is 1. The number of allylic oxidation sites excluding steroid dienone is 3. The molecule has 0 saturated heterocycles. The Hall–Kier alpha value is -1.51. The van der Waals surface area contributed by atoms with Crippen LogP contribution in [0.25, 0.3) is 0 Å². The smallest absolute Gasteiger partial charge is 0.307 e. The molecule has 0 rings (SSSR count). The van der Waals surface area contributed by atoms with Gasteiger partial charge in [0.1, 0.15) is 0 Å². The van der Waals surface area contributed by atoms with Crippen molar-refractivity contribution in [1.29, 1.82) is 0 Å². The van der Waals surface area contributed by atoms with Gasteiger partial charge in [-0.25, -0.2) is 0 Å². The van der Waals surface area contributed by atoms with E-state index in [4.69, 9.17) is 0 Å². The highest BCUT2D eigenvalue weighted by Gasteiger charge is 2.27. The van der Waals surface area contributed by atoms with E-state index < -0.39 is 5.97 Å². The van der Waals surface area contributed by atoms with Gasteiger partial charge in [-0.05, 0) is 57.8 Å². The molecule has 54 heavy (non-hydrogen) atoms. The van der Waals surface area contributed by atoms with Gasteiger partial charge < -0.3 is 10.0 Å². The molecule has 0 spiro atoms. The predicted molar refractivity (Wildman–Crippen MR) is 242 cm³/mol. The van der Waals surface area contributed by atoms with E-state index in [1.54, 1.807) is 0 Å². The van der Waals surface area contributed by atoms with Crippen LogP contribution < -0.4 is 0 Å². The molecule has 0 aliphatic heterocycles. The zero-order valence-corrected chi connectivity index (χ0v) is 37.7. The summed E-state index contributed by atoms with van der Waals surface area (Å²) >= 11 is 0. The zero-order valence-electron chi connectivity index (χ0n) is 37.7. The first-order valence-corrected chi connectivity index (χ1v) is 24.5. The van der Waals surface area contributed by atoms with Gasteiger partial charge in [0.05, 0.1) is 5.92 Å². The van der Waals surface area contributed by atoms with Gasteiger partial charge in [0, 0.05) is 24.9 Å². The third-order valence-corrected chi connectivity index (χ3v) is 11.8. The Morgan fingerprint density at radius 2 is 0.833 bits per heavy atom. The van der Waals surface area contributed by atoms with Gasteiger partial charge in [-0.2, -0.15) is 0 Å². The van der Waals surface area contributed by atoms with Gasteiger partial charge in [0.2, 0.25) is 0 Å². The molecule has 2 unspecified atom stereocenters. The van der Waals surface area contributed by atoms with Crippen LogP contribution in [0.15, 0.2) is 35.7 Å². The van der Waals surface area contributed by atoms with Crippen molar-refractivity contribution in [2.75, 3.05) is 6.54 Å². The van der Waals surface area contributed by atoms with Crippen molar-refractivity contribution < 1.29 is 9.90 Å². The normalized spacial score (nSPS) is 13.6. The zero-order chi connectivity index (χ0) is 39.7. The van der Waals surface area contributed by atoms with E-state index in [0.717, 1.165) is 57.9 Å². The highest BCUT2D eigenvalue weighted by Crippen LogP contribution is 2.27. The Balaban J connectivity index is 5.63. The van der Waals surface area contributed by atoms with Crippen molar-refractivity contribution in [2.45, 2.75) is 266 Å². The SMILES string of the molecule is CCCCCCCCCCCCCCCC/C=C\C(CN(/C=C(/CC)CCCCCC)/C=C(\CC)CCCCCC)C(CCCCCCCCC)C(=O)O. The second-order valence-electron chi connectivity index (χ2n) is 16.9. The second kappa shape index (κ2) is 41.1. The summed E-state index contributed by atoms with van der Waals surface area (Å²) < 4.78 is 0. The van der Waals surface area contributed by atoms with E-state index in [0.29, 0.717) is 0 Å². The average Bonchev–Trinajstić information content (AvgIpc) is 3.17. The van der Waals surface area contributed by atoms with Crippen LogP contribution in [0.3, 0.4) is 0 Å². The fraction of sp³-hybridized carbons (Fsp3) is 0.863. The number of carboxylic acid groups (broad SMARTS) is 1. The summed E-state index contributed by atoms with van der Waals surface area (Å²) in [6, 6.07) is 0. The van der Waals surface area contributed by atoms with Crippen molar-refractivity contribution in [3.8, 4) is 0 Å². The van der Waals surface area contributed by atoms with Crippen LogP contribution in [0, 0.1) is 11.8 Å². The van der Waals surface area contributed by atoms with Crippen LogP contribution in [0.5, 0.6) is 0 Å². The maximum Gasteiger partial charge on any atom is 0.307 e. The minimum absolute atomic E-state index is 0.0122. The van der Waals surface area contributed by atoms with Crippen LogP contribution in [0.4, 0.5) is 0 Å². The lowest BCUT2D eigenvalue weighted by molar-refractivity contribution is -0.143. The second-order valence-corrected chi connectivity index (χ2v) is 16.9. The average molecular weight is 756 g/mol. The van der Waals surface area contributed by atoms with Crippen molar-refractivity contribution in [3.05, 3.63) is 35.7 Å².